The summed E-state index contributed by atoms with van der Waals surface area (Å²) in [6.45, 7) is 0. The minimum absolute atomic E-state index is 0.0841. The highest BCUT2D eigenvalue weighted by molar-refractivity contribution is 6.22. The van der Waals surface area contributed by atoms with Gasteiger partial charge in [0.15, 0.2) is 0 Å². The van der Waals surface area contributed by atoms with E-state index >= 15 is 0 Å². The molecule has 0 spiro atoms. The number of imide groups is 1. The van der Waals surface area contributed by atoms with Crippen molar-refractivity contribution in [2.45, 2.75) is 12.5 Å². The van der Waals surface area contributed by atoms with Crippen molar-refractivity contribution in [3.8, 4) is 17.2 Å². The van der Waals surface area contributed by atoms with Gasteiger partial charge in [-0.05, 0) is 48.5 Å². The van der Waals surface area contributed by atoms with E-state index in [-0.39, 0.29) is 11.3 Å². The molecule has 1 aliphatic rings. The lowest BCUT2D eigenvalue weighted by atomic mass is 10.1. The maximum atomic E-state index is 13.5. The van der Waals surface area contributed by atoms with Crippen LogP contribution in [0.25, 0.3) is 0 Å². The van der Waals surface area contributed by atoms with E-state index in [1.165, 1.54) is 69.9 Å². The zero-order chi connectivity index (χ0) is 28.1. The molecule has 4 rings (SSSR count). The first-order valence-electron chi connectivity index (χ1n) is 11.6. The van der Waals surface area contributed by atoms with E-state index < -0.39 is 42.0 Å². The maximum Gasteiger partial charge on any atom is 0.350 e. The summed E-state index contributed by atoms with van der Waals surface area (Å²) in [4.78, 5) is 53.8. The topological polar surface area (TPSA) is 127 Å². The number of benzene rings is 3. The molecular weight excluding hydrogens is 511 g/mol. The third-order valence-electron chi connectivity index (χ3n) is 5.87. The van der Waals surface area contributed by atoms with Crippen LogP contribution in [0.15, 0.2) is 66.7 Å². The third-order valence-corrected chi connectivity index (χ3v) is 5.87. The number of amides is 5. The summed E-state index contributed by atoms with van der Waals surface area (Å²) < 4.78 is 28.8. The molecule has 3 aromatic carbocycles. The second-order valence-electron chi connectivity index (χ2n) is 8.34. The fraction of sp³-hybridized carbons (Fsp3) is 0.185. The highest BCUT2D eigenvalue weighted by Gasteiger charge is 2.48. The molecule has 202 valence electrons. The molecule has 39 heavy (non-hydrogen) atoms. The van der Waals surface area contributed by atoms with Crippen molar-refractivity contribution in [2.24, 2.45) is 0 Å². The van der Waals surface area contributed by atoms with Crippen LogP contribution in [0.3, 0.4) is 0 Å². The van der Waals surface area contributed by atoms with E-state index in [0.29, 0.717) is 22.9 Å². The van der Waals surface area contributed by atoms with Crippen LogP contribution in [0, 0.1) is 5.82 Å². The number of halogens is 1. The number of rotatable bonds is 9. The van der Waals surface area contributed by atoms with Crippen molar-refractivity contribution < 1.29 is 37.8 Å². The summed E-state index contributed by atoms with van der Waals surface area (Å²) in [5, 5.41) is 3.37. The Morgan fingerprint density at radius 3 is 2.13 bits per heavy atom. The number of urea groups is 1. The number of methoxy groups -OCH3 is 3. The van der Waals surface area contributed by atoms with Gasteiger partial charge in [-0.3, -0.25) is 19.8 Å². The molecule has 1 atom stereocenters. The molecule has 1 heterocycles. The Labute approximate surface area is 223 Å². The van der Waals surface area contributed by atoms with Crippen molar-refractivity contribution in [2.75, 3.05) is 31.5 Å². The number of anilines is 2. The summed E-state index contributed by atoms with van der Waals surface area (Å²) in [5.74, 6) is -1.56. The first-order valence-corrected chi connectivity index (χ1v) is 11.6. The lowest BCUT2D eigenvalue weighted by Gasteiger charge is -2.22. The molecule has 1 saturated heterocycles. The van der Waals surface area contributed by atoms with E-state index in [9.17, 15) is 23.6 Å². The van der Waals surface area contributed by atoms with E-state index in [1.807, 2.05) is 0 Å². The molecule has 0 aromatic heterocycles. The van der Waals surface area contributed by atoms with Crippen LogP contribution in [0.1, 0.15) is 16.8 Å². The lowest BCUT2D eigenvalue weighted by molar-refractivity contribution is -0.124. The van der Waals surface area contributed by atoms with E-state index in [4.69, 9.17) is 14.2 Å². The standard InChI is InChI=1S/C27H25FN4O7/c1-37-20-6-4-5-19(13-20)31-26(35)23(15-24(33)29-18-9-7-17(28)8-10-18)32(27(31)36)30-25(34)16-11-21(38-2)14-22(12-16)39-3/h4-14,23H,15H2,1-3H3,(H,29,33)(H,30,34). The first kappa shape index (κ1) is 26.9. The number of hydrogen-bond donors (Lipinski definition) is 2. The van der Waals surface area contributed by atoms with Gasteiger partial charge in [0.1, 0.15) is 29.1 Å². The molecule has 1 unspecified atom stereocenters. The van der Waals surface area contributed by atoms with E-state index in [1.54, 1.807) is 18.2 Å². The Kier molecular flexibility index (Phi) is 7.94. The van der Waals surface area contributed by atoms with Crippen molar-refractivity contribution in [3.05, 3.63) is 78.1 Å². The fourth-order valence-electron chi connectivity index (χ4n) is 3.92. The van der Waals surface area contributed by atoms with Gasteiger partial charge in [-0.1, -0.05) is 6.07 Å². The Balaban J connectivity index is 1.64. The number of carbonyl (C=O) groups excluding carboxylic acids is 4. The number of nitrogens with zero attached hydrogens (tertiary/aromatic N) is 2. The van der Waals surface area contributed by atoms with Gasteiger partial charge in [0.05, 0.1) is 33.4 Å². The number of ether oxygens (including phenoxy) is 3. The van der Waals surface area contributed by atoms with Crippen LogP contribution in [0.2, 0.25) is 0 Å². The number of hydrogen-bond acceptors (Lipinski definition) is 7. The summed E-state index contributed by atoms with van der Waals surface area (Å²) >= 11 is 0. The molecule has 0 radical (unpaired) electrons. The van der Waals surface area contributed by atoms with Crippen LogP contribution in [-0.4, -0.2) is 56.1 Å². The molecule has 3 aromatic rings. The molecule has 2 N–H and O–H groups in total. The van der Waals surface area contributed by atoms with Gasteiger partial charge < -0.3 is 19.5 Å². The number of carbonyl (C=O) groups is 4. The summed E-state index contributed by atoms with van der Waals surface area (Å²) in [6, 6.07) is 13.4. The third kappa shape index (κ3) is 5.90. The molecule has 5 amide bonds. The number of nitrogens with one attached hydrogen (secondary N) is 2. The van der Waals surface area contributed by atoms with Crippen LogP contribution in [0.4, 0.5) is 20.6 Å². The maximum absolute atomic E-state index is 13.5. The monoisotopic (exact) mass is 536 g/mol. The van der Waals surface area contributed by atoms with Gasteiger partial charge in [-0.25, -0.2) is 19.1 Å². The highest BCUT2D eigenvalue weighted by Crippen LogP contribution is 2.29. The zero-order valence-corrected chi connectivity index (χ0v) is 21.3. The normalized spacial score (nSPS) is 14.7. The molecule has 11 nitrogen and oxygen atoms in total. The van der Waals surface area contributed by atoms with Crippen molar-refractivity contribution in [1.29, 1.82) is 0 Å². The van der Waals surface area contributed by atoms with Crippen LogP contribution in [0.5, 0.6) is 17.2 Å². The van der Waals surface area contributed by atoms with Crippen LogP contribution >= 0.6 is 0 Å². The van der Waals surface area contributed by atoms with E-state index in [2.05, 4.69) is 10.7 Å². The predicted octanol–water partition coefficient (Wildman–Crippen LogP) is 3.36. The fourth-order valence-corrected chi connectivity index (χ4v) is 3.92. The summed E-state index contributed by atoms with van der Waals surface area (Å²) in [6.07, 6.45) is -0.496. The predicted molar refractivity (Wildman–Crippen MR) is 138 cm³/mol. The second-order valence-corrected chi connectivity index (χ2v) is 8.34. The molecular formula is C27H25FN4O7. The zero-order valence-electron chi connectivity index (χ0n) is 21.3. The second kappa shape index (κ2) is 11.5. The lowest BCUT2D eigenvalue weighted by Crippen LogP contribution is -2.49. The van der Waals surface area contributed by atoms with Crippen molar-refractivity contribution >= 4 is 35.1 Å². The largest absolute Gasteiger partial charge is 0.497 e. The van der Waals surface area contributed by atoms with Gasteiger partial charge >= 0.3 is 6.03 Å². The summed E-state index contributed by atoms with van der Waals surface area (Å²) in [5.41, 5.74) is 3.01. The molecule has 0 aliphatic carbocycles. The highest BCUT2D eigenvalue weighted by atomic mass is 19.1. The van der Waals surface area contributed by atoms with Gasteiger partial charge in [0.2, 0.25) is 5.91 Å². The van der Waals surface area contributed by atoms with Gasteiger partial charge in [0.25, 0.3) is 11.8 Å². The quantitative estimate of drug-likeness (QED) is 0.402. The molecule has 0 bridgehead atoms. The average molecular weight is 537 g/mol. The Morgan fingerprint density at radius 1 is 0.872 bits per heavy atom. The average Bonchev–Trinajstić information content (AvgIpc) is 3.17. The Bertz CT molecular complexity index is 1390. The SMILES string of the molecule is COc1cc(OC)cc(C(=O)NN2C(=O)N(c3cccc(OC)c3)C(=O)C2CC(=O)Nc2ccc(F)cc2)c1. The minimum Gasteiger partial charge on any atom is -0.497 e. The van der Waals surface area contributed by atoms with Gasteiger partial charge in [-0.15, -0.1) is 0 Å². The smallest absolute Gasteiger partial charge is 0.350 e. The van der Waals surface area contributed by atoms with Crippen molar-refractivity contribution in [3.63, 3.8) is 0 Å². The van der Waals surface area contributed by atoms with Crippen LogP contribution in [-0.2, 0) is 9.59 Å². The van der Waals surface area contributed by atoms with Gasteiger partial charge in [-0.2, -0.15) is 0 Å². The minimum atomic E-state index is -1.39. The Morgan fingerprint density at radius 2 is 1.51 bits per heavy atom. The van der Waals surface area contributed by atoms with E-state index in [0.717, 1.165) is 9.91 Å². The van der Waals surface area contributed by atoms with Crippen LogP contribution < -0.4 is 29.9 Å². The number of hydrazine groups is 1. The molecule has 12 heteroatoms. The van der Waals surface area contributed by atoms with Crippen molar-refractivity contribution in [1.82, 2.24) is 10.4 Å². The molecule has 1 fully saturated rings. The van der Waals surface area contributed by atoms with Gasteiger partial charge in [0, 0.05) is 23.4 Å². The summed E-state index contributed by atoms with van der Waals surface area (Å²) in [7, 11) is 4.27. The first-order chi connectivity index (χ1) is 18.7. The Hall–Kier alpha value is -5.13. The molecule has 0 saturated carbocycles. The molecule has 1 aliphatic heterocycles.